The van der Waals surface area contributed by atoms with Gasteiger partial charge in [-0.05, 0) is 18.2 Å². The lowest BCUT2D eigenvalue weighted by Crippen LogP contribution is -1.69. The molecule has 1 N–H and O–H groups in total. The lowest BCUT2D eigenvalue weighted by Gasteiger charge is -1.90. The average Bonchev–Trinajstić information content (AvgIpc) is 2.83. The number of benzene rings is 1. The summed E-state index contributed by atoms with van der Waals surface area (Å²) >= 11 is 1.72. The summed E-state index contributed by atoms with van der Waals surface area (Å²) in [6, 6.07) is 12.5. The Balaban J connectivity index is 2.38. The number of hydrogen-bond acceptors (Lipinski definition) is 2. The number of thiophene rings is 1. The summed E-state index contributed by atoms with van der Waals surface area (Å²) in [6.07, 6.45) is 1.85. The summed E-state index contributed by atoms with van der Waals surface area (Å²) in [5.74, 6) is 0. The molecule has 0 spiro atoms. The fourth-order valence-electron chi connectivity index (χ4n) is 2.22. The van der Waals surface area contributed by atoms with Gasteiger partial charge in [0.05, 0.1) is 0 Å². The van der Waals surface area contributed by atoms with E-state index in [-0.39, 0.29) is 0 Å². The van der Waals surface area contributed by atoms with Crippen molar-refractivity contribution in [1.29, 1.82) is 0 Å². The molecule has 76 valence electrons. The van der Waals surface area contributed by atoms with Crippen LogP contribution in [0.1, 0.15) is 0 Å². The normalized spacial score (nSPS) is 11.8. The highest BCUT2D eigenvalue weighted by Crippen LogP contribution is 2.36. The molecular formula is C13H8N2S. The van der Waals surface area contributed by atoms with E-state index in [2.05, 4.69) is 40.3 Å². The van der Waals surface area contributed by atoms with Crippen molar-refractivity contribution < 1.29 is 0 Å². The second kappa shape index (κ2) is 2.83. The number of fused-ring (bicyclic) bond motifs is 5. The first-order chi connectivity index (χ1) is 7.93. The first-order valence-corrected chi connectivity index (χ1v) is 5.99. The van der Waals surface area contributed by atoms with Crippen molar-refractivity contribution in [3.05, 3.63) is 42.6 Å². The standard InChI is InChI=1S/C13H8N2S/c1-2-6-10-8(4-1)11-9-5-3-7-14-12(9)16-13(11)15-10/h1-7,15H. The number of pyridine rings is 1. The van der Waals surface area contributed by atoms with Crippen LogP contribution in [0.4, 0.5) is 0 Å². The maximum Gasteiger partial charge on any atom is 0.125 e. The second-order valence-electron chi connectivity index (χ2n) is 3.83. The predicted molar refractivity (Wildman–Crippen MR) is 69.0 cm³/mol. The maximum atomic E-state index is 4.40. The largest absolute Gasteiger partial charge is 0.346 e. The minimum Gasteiger partial charge on any atom is -0.346 e. The summed E-state index contributed by atoms with van der Waals surface area (Å²) < 4.78 is 0. The SMILES string of the molecule is c1ccc2c(c1)[nH]c1sc3ncccc3c12. The quantitative estimate of drug-likeness (QED) is 0.481. The molecule has 0 atom stereocenters. The lowest BCUT2D eigenvalue weighted by atomic mass is 10.1. The van der Waals surface area contributed by atoms with Crippen molar-refractivity contribution in [3.8, 4) is 0 Å². The fraction of sp³-hybridized carbons (Fsp3) is 0. The summed E-state index contributed by atoms with van der Waals surface area (Å²) in [5, 5.41) is 3.85. The molecule has 4 rings (SSSR count). The van der Waals surface area contributed by atoms with Gasteiger partial charge < -0.3 is 4.98 Å². The van der Waals surface area contributed by atoms with E-state index in [1.54, 1.807) is 11.3 Å². The zero-order valence-electron chi connectivity index (χ0n) is 8.40. The molecule has 0 bridgehead atoms. The second-order valence-corrected chi connectivity index (χ2v) is 4.83. The number of hydrogen-bond donors (Lipinski definition) is 1. The molecule has 0 fully saturated rings. The zero-order chi connectivity index (χ0) is 10.5. The molecule has 0 saturated heterocycles. The highest BCUT2D eigenvalue weighted by atomic mass is 32.1. The molecule has 0 aliphatic heterocycles. The Kier molecular flexibility index (Phi) is 1.47. The molecule has 0 saturated carbocycles. The molecule has 0 unspecified atom stereocenters. The Morgan fingerprint density at radius 3 is 2.88 bits per heavy atom. The van der Waals surface area contributed by atoms with E-state index >= 15 is 0 Å². The number of H-pyrrole nitrogens is 1. The van der Waals surface area contributed by atoms with E-state index in [1.807, 2.05) is 12.3 Å². The van der Waals surface area contributed by atoms with Crippen molar-refractivity contribution in [3.63, 3.8) is 0 Å². The van der Waals surface area contributed by atoms with Gasteiger partial charge in [-0.3, -0.25) is 0 Å². The van der Waals surface area contributed by atoms with Crippen LogP contribution in [-0.2, 0) is 0 Å². The number of nitrogens with one attached hydrogen (secondary N) is 1. The Labute approximate surface area is 95.5 Å². The predicted octanol–water partition coefficient (Wildman–Crippen LogP) is 3.93. The average molecular weight is 224 g/mol. The topological polar surface area (TPSA) is 28.7 Å². The van der Waals surface area contributed by atoms with Gasteiger partial charge in [-0.2, -0.15) is 0 Å². The van der Waals surface area contributed by atoms with E-state index in [4.69, 9.17) is 0 Å². The van der Waals surface area contributed by atoms with E-state index in [9.17, 15) is 0 Å². The van der Waals surface area contributed by atoms with Gasteiger partial charge in [0, 0.05) is 27.9 Å². The monoisotopic (exact) mass is 224 g/mol. The minimum atomic E-state index is 1.11. The molecule has 1 aromatic carbocycles. The van der Waals surface area contributed by atoms with E-state index in [0.29, 0.717) is 0 Å². The lowest BCUT2D eigenvalue weighted by molar-refractivity contribution is 1.45. The molecule has 3 heterocycles. The molecule has 2 nitrogen and oxygen atoms in total. The molecule has 16 heavy (non-hydrogen) atoms. The molecule has 0 radical (unpaired) electrons. The van der Waals surface area contributed by atoms with Crippen LogP contribution in [-0.4, -0.2) is 9.97 Å². The van der Waals surface area contributed by atoms with Crippen LogP contribution in [0, 0.1) is 0 Å². The van der Waals surface area contributed by atoms with Crippen LogP contribution >= 0.6 is 11.3 Å². The fourth-order valence-corrected chi connectivity index (χ4v) is 3.29. The van der Waals surface area contributed by atoms with Crippen molar-refractivity contribution in [2.24, 2.45) is 0 Å². The molecule has 0 aliphatic rings. The number of rotatable bonds is 0. The molecule has 3 aromatic heterocycles. The summed E-state index contributed by atoms with van der Waals surface area (Å²) in [7, 11) is 0. The molecule has 0 aliphatic carbocycles. The maximum absolute atomic E-state index is 4.40. The number of aromatic nitrogens is 2. The Morgan fingerprint density at radius 1 is 1.00 bits per heavy atom. The van der Waals surface area contributed by atoms with Gasteiger partial charge in [-0.25, -0.2) is 4.98 Å². The zero-order valence-corrected chi connectivity index (χ0v) is 9.21. The highest BCUT2D eigenvalue weighted by molar-refractivity contribution is 7.25. The molecule has 4 aromatic rings. The van der Waals surface area contributed by atoms with Crippen molar-refractivity contribution in [2.75, 3.05) is 0 Å². The van der Waals surface area contributed by atoms with Crippen molar-refractivity contribution in [1.82, 2.24) is 9.97 Å². The van der Waals surface area contributed by atoms with Gasteiger partial charge >= 0.3 is 0 Å². The number of aromatic amines is 1. The Bertz CT molecular complexity index is 745. The van der Waals surface area contributed by atoms with Crippen LogP contribution in [0.25, 0.3) is 31.3 Å². The van der Waals surface area contributed by atoms with Gasteiger partial charge in [0.1, 0.15) is 9.66 Å². The van der Waals surface area contributed by atoms with Gasteiger partial charge in [-0.15, -0.1) is 0 Å². The first-order valence-electron chi connectivity index (χ1n) is 5.17. The van der Waals surface area contributed by atoms with Crippen molar-refractivity contribution in [2.45, 2.75) is 0 Å². The number of para-hydroxylation sites is 1. The van der Waals surface area contributed by atoms with Crippen LogP contribution in [0.15, 0.2) is 42.6 Å². The molecule has 0 amide bonds. The highest BCUT2D eigenvalue weighted by Gasteiger charge is 2.10. The minimum absolute atomic E-state index is 1.11. The Morgan fingerprint density at radius 2 is 1.88 bits per heavy atom. The number of nitrogens with zero attached hydrogens (tertiary/aromatic N) is 1. The van der Waals surface area contributed by atoms with Gasteiger partial charge in [-0.1, -0.05) is 29.5 Å². The van der Waals surface area contributed by atoms with E-state index in [1.165, 1.54) is 26.5 Å². The third-order valence-corrected chi connectivity index (χ3v) is 3.94. The smallest absolute Gasteiger partial charge is 0.125 e. The summed E-state index contributed by atoms with van der Waals surface area (Å²) in [6.45, 7) is 0. The van der Waals surface area contributed by atoms with E-state index in [0.717, 1.165) is 4.83 Å². The van der Waals surface area contributed by atoms with Crippen LogP contribution in [0.3, 0.4) is 0 Å². The van der Waals surface area contributed by atoms with Crippen molar-refractivity contribution >= 4 is 42.7 Å². The van der Waals surface area contributed by atoms with Gasteiger partial charge in [0.15, 0.2) is 0 Å². The summed E-state index contributed by atoms with van der Waals surface area (Å²) in [5.41, 5.74) is 1.20. The Hall–Kier alpha value is -1.87. The van der Waals surface area contributed by atoms with E-state index < -0.39 is 0 Å². The third kappa shape index (κ3) is 0.933. The van der Waals surface area contributed by atoms with Gasteiger partial charge in [0.2, 0.25) is 0 Å². The van der Waals surface area contributed by atoms with Crippen LogP contribution in [0.5, 0.6) is 0 Å². The summed E-state index contributed by atoms with van der Waals surface area (Å²) in [4.78, 5) is 10.2. The van der Waals surface area contributed by atoms with Crippen LogP contribution in [0.2, 0.25) is 0 Å². The molecular weight excluding hydrogens is 216 g/mol. The van der Waals surface area contributed by atoms with Crippen LogP contribution < -0.4 is 0 Å². The van der Waals surface area contributed by atoms with Gasteiger partial charge in [0.25, 0.3) is 0 Å². The third-order valence-electron chi connectivity index (χ3n) is 2.91. The first kappa shape index (κ1) is 8.30. The molecule has 3 heteroatoms.